The van der Waals surface area contributed by atoms with Crippen LogP contribution in [-0.2, 0) is 4.79 Å². The summed E-state index contributed by atoms with van der Waals surface area (Å²) >= 11 is 2.83. The molecule has 0 saturated carbocycles. The highest BCUT2D eigenvalue weighted by Crippen LogP contribution is 2.32. The van der Waals surface area contributed by atoms with E-state index in [0.717, 1.165) is 10.0 Å². The Bertz CT molecular complexity index is 965. The van der Waals surface area contributed by atoms with Gasteiger partial charge >= 0.3 is 0 Å². The van der Waals surface area contributed by atoms with Gasteiger partial charge in [-0.2, -0.15) is 5.10 Å². The van der Waals surface area contributed by atoms with Crippen LogP contribution in [0.3, 0.4) is 0 Å². The van der Waals surface area contributed by atoms with Crippen LogP contribution in [0, 0.1) is 13.8 Å². The van der Waals surface area contributed by atoms with Crippen molar-refractivity contribution in [1.29, 1.82) is 0 Å². The van der Waals surface area contributed by atoms with Crippen LogP contribution in [-0.4, -0.2) is 31.1 Å². The van der Waals surface area contributed by atoms with Crippen LogP contribution in [0.2, 0.25) is 0 Å². The summed E-state index contributed by atoms with van der Waals surface area (Å²) in [5.41, 5.74) is 3.41. The van der Waals surface area contributed by atoms with Crippen molar-refractivity contribution in [2.75, 3.05) is 10.6 Å². The fourth-order valence-corrected chi connectivity index (χ4v) is 4.48. The normalized spacial score (nSPS) is 12.2. The molecule has 0 spiro atoms. The molecule has 148 valence electrons. The molecule has 0 aliphatic carbocycles. The van der Waals surface area contributed by atoms with Crippen molar-refractivity contribution in [3.05, 3.63) is 41.6 Å². The maximum atomic E-state index is 12.5. The summed E-state index contributed by atoms with van der Waals surface area (Å²) in [5.74, 6) is 0.605. The van der Waals surface area contributed by atoms with Gasteiger partial charge in [0.2, 0.25) is 11.0 Å². The number of nitrogens with zero attached hydrogens (tertiary/aromatic N) is 4. The van der Waals surface area contributed by atoms with Crippen LogP contribution in [0.5, 0.6) is 0 Å². The molecule has 0 radical (unpaired) electrons. The third kappa shape index (κ3) is 4.71. The number of hydrogen-bond acceptors (Lipinski definition) is 7. The first kappa shape index (κ1) is 20.3. The van der Waals surface area contributed by atoms with E-state index < -0.39 is 0 Å². The zero-order chi connectivity index (χ0) is 20.3. The van der Waals surface area contributed by atoms with Crippen LogP contribution in [0.4, 0.5) is 16.6 Å². The highest BCUT2D eigenvalue weighted by molar-refractivity contribution is 8.02. The Labute approximate surface area is 173 Å². The topological polar surface area (TPSA) is 84.7 Å². The molecule has 1 amide bonds. The first-order valence-corrected chi connectivity index (χ1v) is 10.7. The van der Waals surface area contributed by atoms with E-state index in [2.05, 4.69) is 45.8 Å². The maximum absolute atomic E-state index is 12.5. The molecular formula is C19H24N6OS2. The Hall–Kier alpha value is -2.39. The third-order valence-corrected chi connectivity index (χ3v) is 6.33. The van der Waals surface area contributed by atoms with Gasteiger partial charge in [-0.3, -0.25) is 4.79 Å². The van der Waals surface area contributed by atoms with Gasteiger partial charge < -0.3 is 10.6 Å². The van der Waals surface area contributed by atoms with E-state index in [1.807, 2.05) is 32.9 Å². The second-order valence-electron chi connectivity index (χ2n) is 6.75. The molecule has 0 aliphatic heterocycles. The van der Waals surface area contributed by atoms with E-state index in [4.69, 9.17) is 0 Å². The average molecular weight is 417 g/mol. The number of thioether (sulfide) groups is 1. The van der Waals surface area contributed by atoms with Crippen molar-refractivity contribution in [1.82, 2.24) is 20.0 Å². The fourth-order valence-electron chi connectivity index (χ4n) is 2.57. The molecule has 1 unspecified atom stereocenters. The average Bonchev–Trinajstić information content (AvgIpc) is 3.28. The van der Waals surface area contributed by atoms with Crippen molar-refractivity contribution in [3.8, 4) is 0 Å². The van der Waals surface area contributed by atoms with Gasteiger partial charge in [-0.05, 0) is 51.8 Å². The van der Waals surface area contributed by atoms with Crippen LogP contribution in [0.1, 0.15) is 37.9 Å². The van der Waals surface area contributed by atoms with Gasteiger partial charge in [-0.15, -0.1) is 10.2 Å². The second-order valence-corrected chi connectivity index (χ2v) is 9.32. The number of carbonyl (C=O) groups is 1. The zero-order valence-corrected chi connectivity index (χ0v) is 18.2. The summed E-state index contributed by atoms with van der Waals surface area (Å²) in [4.78, 5) is 12.5. The first-order chi connectivity index (χ1) is 13.3. The number of carbonyl (C=O) groups excluding carboxylic acids is 1. The molecule has 0 aliphatic rings. The van der Waals surface area contributed by atoms with Gasteiger partial charge in [-0.1, -0.05) is 35.2 Å². The Morgan fingerprint density at radius 2 is 1.96 bits per heavy atom. The largest absolute Gasteiger partial charge is 0.330 e. The van der Waals surface area contributed by atoms with Crippen molar-refractivity contribution in [2.24, 2.45) is 0 Å². The SMILES string of the molecule is Cc1cccc(Nc2nnc(SC(C)C(=O)Nc3ccnn3C(C)C)s2)c1C. The van der Waals surface area contributed by atoms with E-state index in [1.54, 1.807) is 16.9 Å². The minimum absolute atomic E-state index is 0.0911. The Kier molecular flexibility index (Phi) is 6.35. The maximum Gasteiger partial charge on any atom is 0.238 e. The Morgan fingerprint density at radius 3 is 2.71 bits per heavy atom. The molecular weight excluding hydrogens is 392 g/mol. The standard InChI is InChI=1S/C19H24N6OS2/c1-11(2)25-16(9-10-20-25)22-17(26)14(5)27-19-24-23-18(28-19)21-15-8-6-7-12(3)13(15)4/h6-11,14H,1-5H3,(H,21,23)(H,22,26). The molecule has 1 atom stereocenters. The van der Waals surface area contributed by atoms with E-state index in [9.17, 15) is 4.79 Å². The van der Waals surface area contributed by atoms with Crippen LogP contribution < -0.4 is 10.6 Å². The smallest absolute Gasteiger partial charge is 0.238 e. The summed E-state index contributed by atoms with van der Waals surface area (Å²) in [5, 5.41) is 19.3. The lowest BCUT2D eigenvalue weighted by Crippen LogP contribution is -2.24. The van der Waals surface area contributed by atoms with E-state index in [0.29, 0.717) is 10.9 Å². The van der Waals surface area contributed by atoms with Gasteiger partial charge in [0, 0.05) is 17.8 Å². The molecule has 1 aromatic carbocycles. The van der Waals surface area contributed by atoms with E-state index in [-0.39, 0.29) is 17.2 Å². The van der Waals surface area contributed by atoms with Gasteiger partial charge in [0.05, 0.1) is 11.4 Å². The Balaban J connectivity index is 1.61. The fraction of sp³-hybridized carbons (Fsp3) is 0.368. The van der Waals surface area contributed by atoms with Crippen molar-refractivity contribution in [2.45, 2.75) is 50.3 Å². The summed E-state index contributed by atoms with van der Waals surface area (Å²) < 4.78 is 2.53. The number of hydrogen-bond donors (Lipinski definition) is 2. The third-order valence-electron chi connectivity index (χ3n) is 4.31. The molecule has 0 fully saturated rings. The molecule has 3 rings (SSSR count). The molecule has 2 N–H and O–H groups in total. The minimum atomic E-state index is -0.308. The number of amides is 1. The number of aromatic nitrogens is 4. The molecule has 3 aromatic rings. The van der Waals surface area contributed by atoms with Crippen molar-refractivity contribution < 1.29 is 4.79 Å². The van der Waals surface area contributed by atoms with E-state index in [1.165, 1.54) is 34.2 Å². The molecule has 0 bridgehead atoms. The monoisotopic (exact) mass is 416 g/mol. The summed E-state index contributed by atoms with van der Waals surface area (Å²) in [6.45, 7) is 10.0. The highest BCUT2D eigenvalue weighted by atomic mass is 32.2. The van der Waals surface area contributed by atoms with Crippen LogP contribution in [0.25, 0.3) is 0 Å². The molecule has 0 saturated heterocycles. The summed E-state index contributed by atoms with van der Waals surface area (Å²) in [6.07, 6.45) is 1.68. The molecule has 9 heteroatoms. The summed E-state index contributed by atoms with van der Waals surface area (Å²) in [7, 11) is 0. The first-order valence-electron chi connectivity index (χ1n) is 9.03. The number of benzene rings is 1. The highest BCUT2D eigenvalue weighted by Gasteiger charge is 2.19. The Morgan fingerprint density at radius 1 is 1.18 bits per heavy atom. The lowest BCUT2D eigenvalue weighted by Gasteiger charge is -2.14. The minimum Gasteiger partial charge on any atom is -0.330 e. The molecule has 7 nitrogen and oxygen atoms in total. The van der Waals surface area contributed by atoms with Gasteiger partial charge in [0.15, 0.2) is 4.34 Å². The van der Waals surface area contributed by atoms with Gasteiger partial charge in [0.1, 0.15) is 5.82 Å². The number of nitrogens with one attached hydrogen (secondary N) is 2. The number of aryl methyl sites for hydroxylation is 1. The number of rotatable bonds is 7. The summed E-state index contributed by atoms with van der Waals surface area (Å²) in [6, 6.07) is 8.08. The lowest BCUT2D eigenvalue weighted by atomic mass is 10.1. The lowest BCUT2D eigenvalue weighted by molar-refractivity contribution is -0.115. The van der Waals surface area contributed by atoms with Gasteiger partial charge in [0.25, 0.3) is 0 Å². The predicted molar refractivity (Wildman–Crippen MR) is 116 cm³/mol. The molecule has 2 heterocycles. The van der Waals surface area contributed by atoms with Crippen LogP contribution >= 0.6 is 23.1 Å². The predicted octanol–water partition coefficient (Wildman–Crippen LogP) is 4.80. The van der Waals surface area contributed by atoms with Crippen molar-refractivity contribution >= 4 is 45.6 Å². The zero-order valence-electron chi connectivity index (χ0n) is 16.6. The quantitative estimate of drug-likeness (QED) is 0.539. The van der Waals surface area contributed by atoms with Crippen LogP contribution in [0.15, 0.2) is 34.8 Å². The second kappa shape index (κ2) is 8.74. The number of anilines is 3. The molecule has 28 heavy (non-hydrogen) atoms. The van der Waals surface area contributed by atoms with Gasteiger partial charge in [-0.25, -0.2) is 4.68 Å². The molecule has 2 aromatic heterocycles. The van der Waals surface area contributed by atoms with E-state index >= 15 is 0 Å². The van der Waals surface area contributed by atoms with Crippen molar-refractivity contribution in [3.63, 3.8) is 0 Å².